The van der Waals surface area contributed by atoms with Crippen LogP contribution in [0.2, 0.25) is 0 Å². The normalized spacial score (nSPS) is 25.5. The van der Waals surface area contributed by atoms with Gasteiger partial charge in [0, 0.05) is 22.5 Å². The number of thiophene rings is 1. The summed E-state index contributed by atoms with van der Waals surface area (Å²) >= 11 is 1.54. The number of hydrogen-bond donors (Lipinski definition) is 1. The minimum atomic E-state index is -0.479. The Hall–Kier alpha value is -3.97. The molecule has 226 valence electrons. The fraction of sp³-hybridized carbons (Fsp3) is 0.531. The molecular formula is C32H34N8O3S. The lowest BCUT2D eigenvalue weighted by molar-refractivity contribution is 0.146. The Kier molecular flexibility index (Phi) is 6.63. The largest absolute Gasteiger partial charge is 0.459 e. The number of ether oxygens (including phenoxy) is 2. The van der Waals surface area contributed by atoms with Crippen LogP contribution in [0.15, 0.2) is 10.7 Å². The molecule has 0 amide bonds. The van der Waals surface area contributed by atoms with Gasteiger partial charge < -0.3 is 19.7 Å². The quantitative estimate of drug-likeness (QED) is 0.323. The number of likely N-dealkylation sites (N-methyl/N-ethyl adjacent to an activating group) is 1. The maximum atomic E-state index is 10.1. The van der Waals surface area contributed by atoms with Gasteiger partial charge in [-0.05, 0) is 76.9 Å². The minimum Gasteiger partial charge on any atom is -0.459 e. The summed E-state index contributed by atoms with van der Waals surface area (Å²) in [5, 5.41) is 20.8. The van der Waals surface area contributed by atoms with Gasteiger partial charge in [0.15, 0.2) is 11.8 Å². The van der Waals surface area contributed by atoms with E-state index in [4.69, 9.17) is 46.4 Å². The molecule has 2 aliphatic carbocycles. The highest BCUT2D eigenvalue weighted by Gasteiger charge is 2.48. The molecule has 2 saturated heterocycles. The van der Waals surface area contributed by atoms with E-state index in [0.717, 1.165) is 81.2 Å². The lowest BCUT2D eigenvalue weighted by Crippen LogP contribution is -2.39. The van der Waals surface area contributed by atoms with E-state index in [0.29, 0.717) is 52.3 Å². The monoisotopic (exact) mass is 610 g/mol. The molecule has 0 saturated carbocycles. The fourth-order valence-corrected chi connectivity index (χ4v) is 9.13. The lowest BCUT2D eigenvalue weighted by Gasteiger charge is -2.39. The van der Waals surface area contributed by atoms with E-state index in [9.17, 15) is 5.26 Å². The van der Waals surface area contributed by atoms with Crippen LogP contribution < -0.4 is 10.5 Å². The topological polar surface area (TPSA) is 141 Å². The van der Waals surface area contributed by atoms with Gasteiger partial charge in [-0.1, -0.05) is 11.1 Å². The van der Waals surface area contributed by atoms with Gasteiger partial charge in [0.2, 0.25) is 17.5 Å². The maximum Gasteiger partial charge on any atom is 0.229 e. The van der Waals surface area contributed by atoms with Gasteiger partial charge in [-0.3, -0.25) is 4.90 Å². The molecule has 0 unspecified atom stereocenters. The van der Waals surface area contributed by atoms with Gasteiger partial charge in [0.25, 0.3) is 0 Å². The number of fused-ring (bicyclic) bond motifs is 5. The second-order valence-electron chi connectivity index (χ2n) is 12.5. The molecule has 4 atom stereocenters. The molecule has 2 N–H and O–H groups in total. The summed E-state index contributed by atoms with van der Waals surface area (Å²) in [4.78, 5) is 13.4. The zero-order valence-electron chi connectivity index (χ0n) is 24.7. The minimum absolute atomic E-state index is 0.0634. The molecule has 0 radical (unpaired) electrons. The summed E-state index contributed by atoms with van der Waals surface area (Å²) in [6, 6.07) is 2.56. The molecule has 4 aromatic rings. The third-order valence-corrected chi connectivity index (χ3v) is 11.2. The van der Waals surface area contributed by atoms with Crippen molar-refractivity contribution in [3.05, 3.63) is 33.5 Å². The molecule has 0 bridgehead atoms. The Labute approximate surface area is 259 Å². The first-order chi connectivity index (χ1) is 21.5. The van der Waals surface area contributed by atoms with E-state index in [1.807, 2.05) is 4.68 Å². The number of nitrogens with zero attached hydrogens (tertiary/aromatic N) is 7. The van der Waals surface area contributed by atoms with Crippen LogP contribution in [0.3, 0.4) is 0 Å². The van der Waals surface area contributed by atoms with Crippen LogP contribution in [0.25, 0.3) is 22.6 Å². The molecule has 4 aromatic heterocycles. The maximum absolute atomic E-state index is 10.1. The molecule has 2 fully saturated rings. The average molecular weight is 611 g/mol. The van der Waals surface area contributed by atoms with E-state index in [-0.39, 0.29) is 12.1 Å². The van der Waals surface area contributed by atoms with E-state index in [1.54, 1.807) is 6.20 Å². The highest BCUT2D eigenvalue weighted by atomic mass is 32.1. The van der Waals surface area contributed by atoms with Crippen molar-refractivity contribution in [2.45, 2.75) is 81.4 Å². The van der Waals surface area contributed by atoms with Crippen LogP contribution in [0.1, 0.15) is 78.2 Å². The zero-order chi connectivity index (χ0) is 30.0. The highest BCUT2D eigenvalue weighted by molar-refractivity contribution is 7.16. The Morgan fingerprint density at radius 3 is 2.84 bits per heavy atom. The van der Waals surface area contributed by atoms with E-state index in [2.05, 4.69) is 23.9 Å². The molecule has 2 aliphatic heterocycles. The lowest BCUT2D eigenvalue weighted by atomic mass is 9.62. The van der Waals surface area contributed by atoms with Crippen LogP contribution >= 0.6 is 11.3 Å². The van der Waals surface area contributed by atoms with Crippen molar-refractivity contribution >= 4 is 27.4 Å². The molecule has 0 aromatic carbocycles. The summed E-state index contributed by atoms with van der Waals surface area (Å²) in [6.07, 6.45) is 15.6. The number of nitrogens with two attached hydrogens (primary N) is 1. The van der Waals surface area contributed by atoms with Crippen molar-refractivity contribution in [3.63, 3.8) is 0 Å². The number of nitriles is 1. The van der Waals surface area contributed by atoms with Crippen LogP contribution in [0.4, 0.5) is 5.00 Å². The number of aromatic nitrogens is 5. The Morgan fingerprint density at radius 1 is 1.23 bits per heavy atom. The first kappa shape index (κ1) is 27.6. The summed E-state index contributed by atoms with van der Waals surface area (Å²) in [5.74, 6) is 4.20. The summed E-state index contributed by atoms with van der Waals surface area (Å²) in [7, 11) is 2.08. The molecule has 11 nitrogen and oxygen atoms in total. The van der Waals surface area contributed by atoms with Crippen LogP contribution in [-0.2, 0) is 23.0 Å². The number of likely N-dealkylation sites (tertiary alicyclic amines) is 1. The predicted octanol–water partition coefficient (Wildman–Crippen LogP) is 4.39. The molecule has 44 heavy (non-hydrogen) atoms. The van der Waals surface area contributed by atoms with E-state index in [1.165, 1.54) is 16.2 Å². The van der Waals surface area contributed by atoms with E-state index < -0.39 is 11.5 Å². The summed E-state index contributed by atoms with van der Waals surface area (Å²) < 4.78 is 20.3. The highest BCUT2D eigenvalue weighted by Crippen LogP contribution is 2.54. The number of rotatable bonds is 5. The van der Waals surface area contributed by atoms with Crippen molar-refractivity contribution in [2.24, 2.45) is 0 Å². The van der Waals surface area contributed by atoms with Gasteiger partial charge in [-0.25, -0.2) is 9.67 Å². The van der Waals surface area contributed by atoms with Crippen molar-refractivity contribution in [2.75, 3.05) is 32.5 Å². The zero-order valence-corrected chi connectivity index (χ0v) is 25.5. The van der Waals surface area contributed by atoms with Gasteiger partial charge in [0.05, 0.1) is 36.1 Å². The number of aryl methyl sites for hydroxylation is 1. The summed E-state index contributed by atoms with van der Waals surface area (Å²) in [5.41, 5.74) is 10.1. The Bertz CT molecular complexity index is 1840. The third kappa shape index (κ3) is 4.08. The molecule has 1 spiro atoms. The first-order valence-corrected chi connectivity index (χ1v) is 16.3. The number of anilines is 1. The van der Waals surface area contributed by atoms with Gasteiger partial charge in [-0.15, -0.1) is 17.8 Å². The second kappa shape index (κ2) is 10.6. The number of terminal acetylenes is 1. The predicted molar refractivity (Wildman–Crippen MR) is 164 cm³/mol. The van der Waals surface area contributed by atoms with E-state index >= 15 is 0 Å². The molecule has 12 heteroatoms. The second-order valence-corrected chi connectivity index (χ2v) is 13.6. The molecule has 4 aliphatic rings. The van der Waals surface area contributed by atoms with Crippen molar-refractivity contribution in [1.82, 2.24) is 29.8 Å². The van der Waals surface area contributed by atoms with Crippen molar-refractivity contribution < 1.29 is 14.0 Å². The van der Waals surface area contributed by atoms with Gasteiger partial charge in [0.1, 0.15) is 16.5 Å². The van der Waals surface area contributed by atoms with Crippen LogP contribution in [-0.4, -0.2) is 68.8 Å². The van der Waals surface area contributed by atoms with Crippen molar-refractivity contribution in [1.29, 1.82) is 5.26 Å². The van der Waals surface area contributed by atoms with Crippen LogP contribution in [0, 0.1) is 23.7 Å². The third-order valence-electron chi connectivity index (χ3n) is 10.1. The SMILES string of the molecule is C#C[C@H](Oc1nc(-c2onc3c2CCC[C@@]32CCCc3sc(N)c(C#N)c32)nc2c1cnn2[C@@H]1CCOC1)[C@@H]1CCCN1C. The van der Waals surface area contributed by atoms with Crippen molar-refractivity contribution in [3.8, 4) is 35.9 Å². The Morgan fingerprint density at radius 2 is 2.09 bits per heavy atom. The Balaban J connectivity index is 1.27. The number of nitrogen functional groups attached to an aromatic ring is 1. The molecule has 8 rings (SSSR count). The first-order valence-electron chi connectivity index (χ1n) is 15.5. The average Bonchev–Trinajstić information content (AvgIpc) is 3.86. The summed E-state index contributed by atoms with van der Waals surface area (Å²) in [6.45, 7) is 2.23. The molecular weight excluding hydrogens is 576 g/mol. The van der Waals surface area contributed by atoms with Gasteiger partial charge in [-0.2, -0.15) is 15.3 Å². The fourth-order valence-electron chi connectivity index (χ4n) is 7.97. The standard InChI is InChI=1S/C32H34N8O3S/c1-3-23(22-8-6-13-39(22)2)42-31-21-16-35-40(18-10-14-41-17-18)30(21)36-29(37-31)26-19-7-4-11-32(27(19)38-43-26)12-5-9-24-25(32)20(15-33)28(34)44-24/h1,16,18,22-23H,4-14,17,34H2,2H3/t18-,22+,23+,32+/m1/s1. The molecule has 6 heterocycles. The smallest absolute Gasteiger partial charge is 0.229 e. The van der Waals surface area contributed by atoms with Gasteiger partial charge >= 0.3 is 0 Å². The van der Waals surface area contributed by atoms with Crippen LogP contribution in [0.5, 0.6) is 5.88 Å². The number of hydrogen-bond acceptors (Lipinski definition) is 11.